The summed E-state index contributed by atoms with van der Waals surface area (Å²) < 4.78 is 5.23. The molecular weight excluding hydrogens is 322 g/mol. The summed E-state index contributed by atoms with van der Waals surface area (Å²) in [6.07, 6.45) is 6.68. The standard InChI is InChI=1S/C17H21N5O3/c1-12(17-20-16(21-25-17)13-6-5-8-18-10-13)19-14(23)11-22-9-4-2-3-7-15(22)24/h5-6,8,10,12H,2-4,7,9,11H2,1H3,(H,19,23)/t12-/m0/s1. The molecule has 3 heterocycles. The summed E-state index contributed by atoms with van der Waals surface area (Å²) in [5, 5.41) is 6.72. The molecular formula is C17H21N5O3. The molecule has 1 fully saturated rings. The number of hydrogen-bond acceptors (Lipinski definition) is 6. The van der Waals surface area contributed by atoms with Crippen LogP contribution in [0.1, 0.15) is 44.5 Å². The van der Waals surface area contributed by atoms with Crippen LogP contribution in [0.15, 0.2) is 29.0 Å². The van der Waals surface area contributed by atoms with Crippen LogP contribution in [-0.2, 0) is 9.59 Å². The largest absolute Gasteiger partial charge is 0.343 e. The highest BCUT2D eigenvalue weighted by Gasteiger charge is 2.22. The second kappa shape index (κ2) is 7.87. The van der Waals surface area contributed by atoms with Gasteiger partial charge in [-0.15, -0.1) is 0 Å². The highest BCUT2D eigenvalue weighted by Crippen LogP contribution is 2.17. The first-order chi connectivity index (χ1) is 12.1. The van der Waals surface area contributed by atoms with Gasteiger partial charge in [0.25, 0.3) is 0 Å². The van der Waals surface area contributed by atoms with E-state index in [0.29, 0.717) is 24.7 Å². The van der Waals surface area contributed by atoms with E-state index in [9.17, 15) is 9.59 Å². The molecule has 1 N–H and O–H groups in total. The van der Waals surface area contributed by atoms with Gasteiger partial charge in [0.05, 0.1) is 6.54 Å². The van der Waals surface area contributed by atoms with Crippen molar-refractivity contribution in [2.24, 2.45) is 0 Å². The molecule has 1 aliphatic heterocycles. The second-order valence-corrected chi connectivity index (χ2v) is 6.11. The molecule has 8 heteroatoms. The van der Waals surface area contributed by atoms with Crippen molar-refractivity contribution >= 4 is 11.8 Å². The lowest BCUT2D eigenvalue weighted by Gasteiger charge is -2.20. The lowest BCUT2D eigenvalue weighted by Crippen LogP contribution is -2.41. The van der Waals surface area contributed by atoms with Crippen LogP contribution in [0.2, 0.25) is 0 Å². The third kappa shape index (κ3) is 4.40. The summed E-state index contributed by atoms with van der Waals surface area (Å²) in [7, 11) is 0. The molecule has 1 saturated heterocycles. The summed E-state index contributed by atoms with van der Waals surface area (Å²) >= 11 is 0. The average molecular weight is 343 g/mol. The van der Waals surface area contributed by atoms with Crippen LogP contribution >= 0.6 is 0 Å². The molecule has 0 aromatic carbocycles. The Kier molecular flexibility index (Phi) is 5.37. The Bertz CT molecular complexity index is 731. The molecule has 0 bridgehead atoms. The maximum atomic E-state index is 12.2. The summed E-state index contributed by atoms with van der Waals surface area (Å²) in [6, 6.07) is 3.18. The van der Waals surface area contributed by atoms with E-state index in [1.165, 1.54) is 0 Å². The van der Waals surface area contributed by atoms with Crippen LogP contribution in [0, 0.1) is 0 Å². The van der Waals surface area contributed by atoms with Crippen LogP contribution < -0.4 is 5.32 Å². The van der Waals surface area contributed by atoms with Crippen molar-refractivity contribution in [2.45, 2.75) is 38.6 Å². The molecule has 1 atom stereocenters. The first kappa shape index (κ1) is 17.1. The number of hydrogen-bond donors (Lipinski definition) is 1. The SMILES string of the molecule is C[C@H](NC(=O)CN1CCCCCC1=O)c1nc(-c2cccnc2)no1. The molecule has 0 saturated carbocycles. The number of pyridine rings is 1. The summed E-state index contributed by atoms with van der Waals surface area (Å²) in [6.45, 7) is 2.46. The second-order valence-electron chi connectivity index (χ2n) is 6.11. The fourth-order valence-corrected chi connectivity index (χ4v) is 2.75. The van der Waals surface area contributed by atoms with Crippen LogP contribution in [-0.4, -0.2) is 44.9 Å². The molecule has 132 valence electrons. The summed E-state index contributed by atoms with van der Waals surface area (Å²) in [4.78, 5) is 34.1. The lowest BCUT2D eigenvalue weighted by molar-refractivity contribution is -0.135. The Morgan fingerprint density at radius 2 is 2.28 bits per heavy atom. The van der Waals surface area contributed by atoms with Crippen molar-refractivity contribution in [2.75, 3.05) is 13.1 Å². The van der Waals surface area contributed by atoms with E-state index in [0.717, 1.165) is 24.8 Å². The zero-order valence-electron chi connectivity index (χ0n) is 14.1. The molecule has 2 aromatic heterocycles. The van der Waals surface area contributed by atoms with E-state index in [2.05, 4.69) is 20.4 Å². The monoisotopic (exact) mass is 343 g/mol. The maximum Gasteiger partial charge on any atom is 0.249 e. The van der Waals surface area contributed by atoms with Gasteiger partial charge in [-0.25, -0.2) is 0 Å². The Hall–Kier alpha value is -2.77. The molecule has 0 spiro atoms. The molecule has 8 nitrogen and oxygen atoms in total. The van der Waals surface area contributed by atoms with Crippen molar-refractivity contribution < 1.29 is 14.1 Å². The Morgan fingerprint density at radius 1 is 1.40 bits per heavy atom. The molecule has 2 amide bonds. The van der Waals surface area contributed by atoms with Crippen molar-refractivity contribution in [3.63, 3.8) is 0 Å². The van der Waals surface area contributed by atoms with Crippen molar-refractivity contribution in [1.29, 1.82) is 0 Å². The van der Waals surface area contributed by atoms with Crippen LogP contribution in [0.25, 0.3) is 11.4 Å². The third-order valence-corrected chi connectivity index (χ3v) is 4.12. The Balaban J connectivity index is 1.58. The number of nitrogens with one attached hydrogen (secondary N) is 1. The average Bonchev–Trinajstić information content (AvgIpc) is 3.03. The van der Waals surface area contributed by atoms with Gasteiger partial charge in [-0.05, 0) is 31.9 Å². The van der Waals surface area contributed by atoms with E-state index in [-0.39, 0.29) is 18.4 Å². The minimum atomic E-state index is -0.437. The molecule has 1 aliphatic rings. The van der Waals surface area contributed by atoms with E-state index in [1.54, 1.807) is 30.3 Å². The first-order valence-corrected chi connectivity index (χ1v) is 8.44. The third-order valence-electron chi connectivity index (χ3n) is 4.12. The fourth-order valence-electron chi connectivity index (χ4n) is 2.75. The smallest absolute Gasteiger partial charge is 0.249 e. The van der Waals surface area contributed by atoms with Gasteiger partial charge in [0.2, 0.25) is 23.5 Å². The Morgan fingerprint density at radius 3 is 3.08 bits per heavy atom. The summed E-state index contributed by atoms with van der Waals surface area (Å²) in [5.41, 5.74) is 0.742. The van der Waals surface area contributed by atoms with Crippen molar-refractivity contribution in [3.8, 4) is 11.4 Å². The number of amides is 2. The number of aromatic nitrogens is 3. The minimum Gasteiger partial charge on any atom is -0.343 e. The quantitative estimate of drug-likeness (QED) is 0.887. The number of rotatable bonds is 5. The molecule has 3 rings (SSSR count). The normalized spacial score (nSPS) is 16.4. The number of nitrogens with zero attached hydrogens (tertiary/aromatic N) is 4. The van der Waals surface area contributed by atoms with Gasteiger partial charge in [0.15, 0.2) is 0 Å². The number of carbonyl (C=O) groups excluding carboxylic acids is 2. The van der Waals surface area contributed by atoms with E-state index < -0.39 is 6.04 Å². The lowest BCUT2D eigenvalue weighted by atomic mass is 10.2. The fraction of sp³-hybridized carbons (Fsp3) is 0.471. The summed E-state index contributed by atoms with van der Waals surface area (Å²) in [5.74, 6) is 0.544. The zero-order valence-corrected chi connectivity index (χ0v) is 14.1. The van der Waals surface area contributed by atoms with Gasteiger partial charge in [-0.1, -0.05) is 11.6 Å². The van der Waals surface area contributed by atoms with Gasteiger partial charge >= 0.3 is 0 Å². The number of likely N-dealkylation sites (tertiary alicyclic amines) is 1. The van der Waals surface area contributed by atoms with Gasteiger partial charge in [-0.3, -0.25) is 14.6 Å². The first-order valence-electron chi connectivity index (χ1n) is 8.44. The van der Waals surface area contributed by atoms with E-state index in [1.807, 2.05) is 6.07 Å². The van der Waals surface area contributed by atoms with Gasteiger partial charge < -0.3 is 14.7 Å². The van der Waals surface area contributed by atoms with Crippen LogP contribution in [0.4, 0.5) is 0 Å². The van der Waals surface area contributed by atoms with Gasteiger partial charge in [0.1, 0.15) is 6.04 Å². The van der Waals surface area contributed by atoms with Crippen molar-refractivity contribution in [1.82, 2.24) is 25.3 Å². The van der Waals surface area contributed by atoms with Gasteiger partial charge in [0, 0.05) is 30.9 Å². The maximum absolute atomic E-state index is 12.2. The molecule has 0 unspecified atom stereocenters. The van der Waals surface area contributed by atoms with E-state index in [4.69, 9.17) is 4.52 Å². The van der Waals surface area contributed by atoms with Crippen LogP contribution in [0.5, 0.6) is 0 Å². The number of carbonyl (C=O) groups is 2. The minimum absolute atomic E-state index is 0.0388. The van der Waals surface area contributed by atoms with Crippen LogP contribution in [0.3, 0.4) is 0 Å². The topological polar surface area (TPSA) is 101 Å². The Labute approximate surface area is 145 Å². The highest BCUT2D eigenvalue weighted by molar-refractivity contribution is 5.85. The predicted octanol–water partition coefficient (Wildman–Crippen LogP) is 1.71. The molecule has 2 aromatic rings. The van der Waals surface area contributed by atoms with Gasteiger partial charge in [-0.2, -0.15) is 4.98 Å². The molecule has 0 radical (unpaired) electrons. The van der Waals surface area contributed by atoms with E-state index >= 15 is 0 Å². The van der Waals surface area contributed by atoms with Crippen molar-refractivity contribution in [3.05, 3.63) is 30.4 Å². The predicted molar refractivity (Wildman–Crippen MR) is 89.1 cm³/mol. The highest BCUT2D eigenvalue weighted by atomic mass is 16.5. The zero-order chi connectivity index (χ0) is 17.6. The molecule has 25 heavy (non-hydrogen) atoms. The molecule has 0 aliphatic carbocycles.